The summed E-state index contributed by atoms with van der Waals surface area (Å²) in [6.45, 7) is 0. The molecule has 0 aliphatic heterocycles. The van der Waals surface area contributed by atoms with Crippen molar-refractivity contribution in [1.29, 1.82) is 0 Å². The minimum absolute atomic E-state index is 0.163. The van der Waals surface area contributed by atoms with E-state index in [4.69, 9.17) is 0 Å². The Morgan fingerprint density at radius 3 is 1.40 bits per heavy atom. The van der Waals surface area contributed by atoms with Gasteiger partial charge in [0.2, 0.25) is 34.8 Å². The highest BCUT2D eigenvalue weighted by atomic mass is 19.2. The van der Waals surface area contributed by atoms with Crippen LogP contribution in [0.2, 0.25) is 0 Å². The number of hydrogen-bond acceptors (Lipinski definition) is 3. The molecule has 0 atom stereocenters. The lowest BCUT2D eigenvalue weighted by atomic mass is 10.0. The summed E-state index contributed by atoms with van der Waals surface area (Å²) in [5.41, 5.74) is 0. The molecule has 0 aliphatic rings. The van der Waals surface area contributed by atoms with Gasteiger partial charge in [-0.05, 0) is 12.8 Å². The average Bonchev–Trinajstić information content (AvgIpc) is 2.74. The van der Waals surface area contributed by atoms with Crippen LogP contribution in [0, 0.1) is 29.1 Å². The summed E-state index contributed by atoms with van der Waals surface area (Å²) in [5.74, 6) is -13.5. The van der Waals surface area contributed by atoms with Crippen LogP contribution in [0.4, 0.5) is 22.0 Å². The van der Waals surface area contributed by atoms with E-state index in [1.54, 1.807) is 0 Å². The summed E-state index contributed by atoms with van der Waals surface area (Å²) in [6.07, 6.45) is 13.5. The van der Waals surface area contributed by atoms with Crippen LogP contribution in [0.5, 0.6) is 5.75 Å². The first-order chi connectivity index (χ1) is 14.4. The zero-order chi connectivity index (χ0) is 22.4. The van der Waals surface area contributed by atoms with Gasteiger partial charge in [-0.1, -0.05) is 64.2 Å². The number of carbonyl (C=O) groups excluding carboxylic acids is 2. The van der Waals surface area contributed by atoms with Gasteiger partial charge in [0.15, 0.2) is 0 Å². The first kappa shape index (κ1) is 26.0. The Balaban J connectivity index is 2.09. The molecule has 170 valence electrons. The predicted octanol–water partition coefficient (Wildman–Crippen LogP) is 6.95. The van der Waals surface area contributed by atoms with E-state index in [0.717, 1.165) is 51.2 Å². The van der Waals surface area contributed by atoms with E-state index in [1.807, 2.05) is 0 Å². The Bertz CT molecular complexity index is 650. The maximum Gasteiger partial charge on any atom is 0.311 e. The molecule has 0 unspecified atom stereocenters. The fraction of sp³-hybridized carbons (Fsp3) is 0.636. The Kier molecular flexibility index (Phi) is 12.9. The van der Waals surface area contributed by atoms with Crippen molar-refractivity contribution in [3.8, 4) is 5.75 Å². The summed E-state index contributed by atoms with van der Waals surface area (Å²) in [4.78, 5) is 21.8. The molecule has 0 N–H and O–H groups in total. The van der Waals surface area contributed by atoms with Crippen molar-refractivity contribution >= 4 is 12.3 Å². The molecule has 0 aromatic heterocycles. The Labute approximate surface area is 174 Å². The molecule has 0 saturated heterocycles. The Hall–Kier alpha value is -1.99. The van der Waals surface area contributed by atoms with Crippen molar-refractivity contribution < 1.29 is 36.3 Å². The highest BCUT2D eigenvalue weighted by molar-refractivity contribution is 5.72. The molecule has 1 rings (SSSR count). The fourth-order valence-electron chi connectivity index (χ4n) is 3.10. The molecule has 0 spiro atoms. The zero-order valence-electron chi connectivity index (χ0n) is 17.1. The van der Waals surface area contributed by atoms with Crippen molar-refractivity contribution in [2.24, 2.45) is 0 Å². The van der Waals surface area contributed by atoms with Crippen molar-refractivity contribution in [2.75, 3.05) is 0 Å². The number of halogens is 5. The van der Waals surface area contributed by atoms with Crippen LogP contribution in [0.25, 0.3) is 0 Å². The first-order valence-corrected chi connectivity index (χ1v) is 10.6. The summed E-state index contributed by atoms with van der Waals surface area (Å²) in [7, 11) is 0. The number of rotatable bonds is 16. The van der Waals surface area contributed by atoms with Crippen LogP contribution in [0.1, 0.15) is 89.9 Å². The van der Waals surface area contributed by atoms with E-state index in [2.05, 4.69) is 4.74 Å². The highest BCUT2D eigenvalue weighted by Crippen LogP contribution is 2.29. The minimum Gasteiger partial charge on any atom is -0.420 e. The number of unbranched alkanes of at least 4 members (excludes halogenated alkanes) is 12. The molecule has 0 bridgehead atoms. The van der Waals surface area contributed by atoms with Crippen molar-refractivity contribution in [2.45, 2.75) is 89.9 Å². The van der Waals surface area contributed by atoms with Gasteiger partial charge in [0.1, 0.15) is 6.29 Å². The largest absolute Gasteiger partial charge is 0.420 e. The van der Waals surface area contributed by atoms with Crippen molar-refractivity contribution in [1.82, 2.24) is 0 Å². The van der Waals surface area contributed by atoms with Gasteiger partial charge < -0.3 is 9.53 Å². The second kappa shape index (κ2) is 14.9. The molecule has 0 fully saturated rings. The predicted molar refractivity (Wildman–Crippen MR) is 103 cm³/mol. The van der Waals surface area contributed by atoms with E-state index in [-0.39, 0.29) is 6.42 Å². The van der Waals surface area contributed by atoms with Crippen LogP contribution in [-0.2, 0) is 9.59 Å². The lowest BCUT2D eigenvalue weighted by molar-refractivity contribution is -0.135. The van der Waals surface area contributed by atoms with Gasteiger partial charge in [0, 0.05) is 12.8 Å². The van der Waals surface area contributed by atoms with Crippen LogP contribution in [0.15, 0.2) is 0 Å². The zero-order valence-corrected chi connectivity index (χ0v) is 17.1. The third-order valence-corrected chi connectivity index (χ3v) is 4.84. The third-order valence-electron chi connectivity index (χ3n) is 4.84. The van der Waals surface area contributed by atoms with E-state index in [1.165, 1.54) is 19.3 Å². The summed E-state index contributed by atoms with van der Waals surface area (Å²) >= 11 is 0. The van der Waals surface area contributed by atoms with E-state index < -0.39 is 40.8 Å². The number of carbonyl (C=O) groups is 2. The van der Waals surface area contributed by atoms with Crippen LogP contribution in [-0.4, -0.2) is 12.3 Å². The lowest BCUT2D eigenvalue weighted by Crippen LogP contribution is -2.13. The second-order valence-electron chi connectivity index (χ2n) is 7.32. The normalized spacial score (nSPS) is 11.0. The van der Waals surface area contributed by atoms with Gasteiger partial charge in [-0.3, -0.25) is 4.79 Å². The van der Waals surface area contributed by atoms with E-state index in [0.29, 0.717) is 19.3 Å². The molecule has 8 heteroatoms. The number of aldehydes is 1. The van der Waals surface area contributed by atoms with Gasteiger partial charge in [-0.25, -0.2) is 13.2 Å². The Morgan fingerprint density at radius 2 is 0.967 bits per heavy atom. The van der Waals surface area contributed by atoms with E-state index in [9.17, 15) is 31.5 Å². The highest BCUT2D eigenvalue weighted by Gasteiger charge is 2.28. The monoisotopic (exact) mass is 436 g/mol. The molecule has 0 saturated carbocycles. The molecule has 0 aliphatic carbocycles. The van der Waals surface area contributed by atoms with Gasteiger partial charge in [0.05, 0.1) is 0 Å². The SMILES string of the molecule is O=CCCCCCCCCCCCCCCC(=O)Oc1c(F)c(F)c(F)c(F)c1F. The van der Waals surface area contributed by atoms with Crippen LogP contribution < -0.4 is 4.74 Å². The molecular formula is C22H29F5O3. The van der Waals surface area contributed by atoms with Crippen LogP contribution >= 0.6 is 0 Å². The summed E-state index contributed by atoms with van der Waals surface area (Å²) in [6, 6.07) is 0. The Morgan fingerprint density at radius 1 is 0.600 bits per heavy atom. The lowest BCUT2D eigenvalue weighted by Gasteiger charge is -2.08. The number of benzene rings is 1. The van der Waals surface area contributed by atoms with Gasteiger partial charge in [-0.2, -0.15) is 8.78 Å². The molecule has 3 nitrogen and oxygen atoms in total. The molecule has 0 heterocycles. The number of esters is 1. The molecule has 0 radical (unpaired) electrons. The van der Waals surface area contributed by atoms with E-state index >= 15 is 0 Å². The van der Waals surface area contributed by atoms with Gasteiger partial charge in [-0.15, -0.1) is 0 Å². The van der Waals surface area contributed by atoms with Crippen LogP contribution in [0.3, 0.4) is 0 Å². The van der Waals surface area contributed by atoms with Gasteiger partial charge >= 0.3 is 5.97 Å². The second-order valence-corrected chi connectivity index (χ2v) is 7.32. The van der Waals surface area contributed by atoms with Crippen molar-refractivity contribution in [3.63, 3.8) is 0 Å². The quantitative estimate of drug-likeness (QED) is 0.0536. The minimum atomic E-state index is -2.29. The molecule has 1 aromatic rings. The van der Waals surface area contributed by atoms with Crippen molar-refractivity contribution in [3.05, 3.63) is 29.1 Å². The smallest absolute Gasteiger partial charge is 0.311 e. The average molecular weight is 436 g/mol. The number of ether oxygens (including phenoxy) is 1. The maximum atomic E-state index is 13.5. The van der Waals surface area contributed by atoms with Gasteiger partial charge in [0.25, 0.3) is 0 Å². The first-order valence-electron chi connectivity index (χ1n) is 10.6. The molecular weight excluding hydrogens is 407 g/mol. The maximum absolute atomic E-state index is 13.5. The molecule has 30 heavy (non-hydrogen) atoms. The summed E-state index contributed by atoms with van der Waals surface area (Å²) < 4.78 is 70.4. The molecule has 1 aromatic carbocycles. The summed E-state index contributed by atoms with van der Waals surface area (Å²) in [5, 5.41) is 0. The third kappa shape index (κ3) is 9.22. The molecule has 0 amide bonds. The number of hydrogen-bond donors (Lipinski definition) is 0. The fourth-order valence-corrected chi connectivity index (χ4v) is 3.10. The standard InChI is InChI=1S/C22H29F5O3/c23-17-18(24)20(26)22(21(27)19(17)25)30-16(29)14-12-10-8-6-4-2-1-3-5-7-9-11-13-15-28/h15H,1-14H2. The topological polar surface area (TPSA) is 43.4 Å².